The van der Waals surface area contributed by atoms with Crippen LogP contribution in [0.4, 0.5) is 0 Å². The first-order valence-corrected chi connectivity index (χ1v) is 9.54. The lowest BCUT2D eigenvalue weighted by atomic mass is 9.94. The van der Waals surface area contributed by atoms with E-state index in [1.165, 1.54) is 32.1 Å². The maximum Gasteiger partial charge on any atom is 0.254 e. The monoisotopic (exact) mass is 330 g/mol. The SMILES string of the molecule is CCCOc1cccc(C(=O)N2CCN(C3CCCCC3)CC2)c1. The van der Waals surface area contributed by atoms with Gasteiger partial charge in [0.05, 0.1) is 6.61 Å². The van der Waals surface area contributed by atoms with Gasteiger partial charge in [-0.3, -0.25) is 9.69 Å². The first-order valence-electron chi connectivity index (χ1n) is 9.54. The standard InChI is InChI=1S/C20H30N2O2/c1-2-15-24-19-10-6-7-17(16-19)20(23)22-13-11-21(12-14-22)18-8-4-3-5-9-18/h6-7,10,16,18H,2-5,8-9,11-15H2,1H3. The van der Waals surface area contributed by atoms with Crippen molar-refractivity contribution in [2.24, 2.45) is 0 Å². The summed E-state index contributed by atoms with van der Waals surface area (Å²) < 4.78 is 5.65. The first-order chi connectivity index (χ1) is 11.8. The number of benzene rings is 1. The van der Waals surface area contributed by atoms with Crippen LogP contribution in [0.5, 0.6) is 5.75 Å². The van der Waals surface area contributed by atoms with Gasteiger partial charge in [0, 0.05) is 37.8 Å². The molecule has 1 amide bonds. The van der Waals surface area contributed by atoms with Gasteiger partial charge in [0.2, 0.25) is 0 Å². The van der Waals surface area contributed by atoms with Gasteiger partial charge in [-0.1, -0.05) is 32.3 Å². The minimum atomic E-state index is 0.139. The fourth-order valence-electron chi connectivity index (χ4n) is 3.86. The van der Waals surface area contributed by atoms with Crippen LogP contribution in [0.2, 0.25) is 0 Å². The van der Waals surface area contributed by atoms with Crippen LogP contribution in [-0.2, 0) is 0 Å². The molecule has 132 valence electrons. The van der Waals surface area contributed by atoms with Gasteiger partial charge < -0.3 is 9.64 Å². The Hall–Kier alpha value is -1.55. The number of nitrogens with zero attached hydrogens (tertiary/aromatic N) is 2. The molecule has 2 fully saturated rings. The lowest BCUT2D eigenvalue weighted by molar-refractivity contribution is 0.0523. The molecule has 1 aromatic carbocycles. The topological polar surface area (TPSA) is 32.8 Å². The second-order valence-corrected chi connectivity index (χ2v) is 7.00. The summed E-state index contributed by atoms with van der Waals surface area (Å²) in [6.07, 6.45) is 7.78. The van der Waals surface area contributed by atoms with Crippen molar-refractivity contribution in [3.8, 4) is 5.75 Å². The van der Waals surface area contributed by atoms with Crippen LogP contribution in [0.15, 0.2) is 24.3 Å². The molecule has 1 saturated heterocycles. The van der Waals surface area contributed by atoms with Crippen molar-refractivity contribution in [1.82, 2.24) is 9.80 Å². The van der Waals surface area contributed by atoms with Crippen LogP contribution >= 0.6 is 0 Å². The minimum Gasteiger partial charge on any atom is -0.494 e. The molecule has 0 N–H and O–H groups in total. The fourth-order valence-corrected chi connectivity index (χ4v) is 3.86. The maximum atomic E-state index is 12.8. The van der Waals surface area contributed by atoms with Crippen LogP contribution in [0.3, 0.4) is 0 Å². The lowest BCUT2D eigenvalue weighted by Crippen LogP contribution is -2.52. The van der Waals surface area contributed by atoms with Gasteiger partial charge in [0.1, 0.15) is 5.75 Å². The molecule has 0 unspecified atom stereocenters. The number of amides is 1. The number of hydrogen-bond acceptors (Lipinski definition) is 3. The van der Waals surface area contributed by atoms with E-state index in [1.807, 2.05) is 29.2 Å². The van der Waals surface area contributed by atoms with Gasteiger partial charge in [-0.25, -0.2) is 0 Å². The Morgan fingerprint density at radius 3 is 2.58 bits per heavy atom. The van der Waals surface area contributed by atoms with Gasteiger partial charge in [0.15, 0.2) is 0 Å². The van der Waals surface area contributed by atoms with E-state index >= 15 is 0 Å². The van der Waals surface area contributed by atoms with Gasteiger partial charge in [-0.2, -0.15) is 0 Å². The summed E-state index contributed by atoms with van der Waals surface area (Å²) in [6.45, 7) is 6.49. The molecule has 1 heterocycles. The third-order valence-corrected chi connectivity index (χ3v) is 5.25. The molecular formula is C20H30N2O2. The molecular weight excluding hydrogens is 300 g/mol. The second kappa shape index (κ2) is 8.52. The van der Waals surface area contributed by atoms with Crippen LogP contribution in [0.1, 0.15) is 55.8 Å². The largest absolute Gasteiger partial charge is 0.494 e. The quantitative estimate of drug-likeness (QED) is 0.827. The molecule has 1 saturated carbocycles. The third-order valence-electron chi connectivity index (χ3n) is 5.25. The smallest absolute Gasteiger partial charge is 0.254 e. The zero-order chi connectivity index (χ0) is 16.8. The van der Waals surface area contributed by atoms with Crippen molar-refractivity contribution in [1.29, 1.82) is 0 Å². The molecule has 1 aliphatic carbocycles. The highest BCUT2D eigenvalue weighted by molar-refractivity contribution is 5.94. The van der Waals surface area contributed by atoms with Gasteiger partial charge in [-0.15, -0.1) is 0 Å². The molecule has 1 aromatic rings. The molecule has 4 nitrogen and oxygen atoms in total. The van der Waals surface area contributed by atoms with Crippen LogP contribution < -0.4 is 4.74 Å². The van der Waals surface area contributed by atoms with E-state index in [2.05, 4.69) is 11.8 Å². The maximum absolute atomic E-state index is 12.8. The highest BCUT2D eigenvalue weighted by atomic mass is 16.5. The molecule has 1 aliphatic heterocycles. The number of ether oxygens (including phenoxy) is 1. The summed E-state index contributed by atoms with van der Waals surface area (Å²) in [4.78, 5) is 17.4. The predicted octanol–water partition coefficient (Wildman–Crippen LogP) is 3.57. The summed E-state index contributed by atoms with van der Waals surface area (Å²) >= 11 is 0. The van der Waals surface area contributed by atoms with Crippen molar-refractivity contribution in [2.45, 2.75) is 51.5 Å². The van der Waals surface area contributed by atoms with Gasteiger partial charge in [-0.05, 0) is 37.5 Å². The van der Waals surface area contributed by atoms with E-state index in [9.17, 15) is 4.79 Å². The molecule has 24 heavy (non-hydrogen) atoms. The molecule has 0 aromatic heterocycles. The second-order valence-electron chi connectivity index (χ2n) is 7.00. The Labute approximate surface area is 145 Å². The van der Waals surface area contributed by atoms with E-state index < -0.39 is 0 Å². The van der Waals surface area contributed by atoms with Crippen molar-refractivity contribution in [3.05, 3.63) is 29.8 Å². The molecule has 0 bridgehead atoms. The van der Waals surface area contributed by atoms with Gasteiger partial charge >= 0.3 is 0 Å². The fraction of sp³-hybridized carbons (Fsp3) is 0.650. The Morgan fingerprint density at radius 1 is 1.12 bits per heavy atom. The molecule has 4 heteroatoms. The lowest BCUT2D eigenvalue weighted by Gasteiger charge is -2.40. The number of piperazine rings is 1. The molecule has 0 atom stereocenters. The Balaban J connectivity index is 1.54. The number of hydrogen-bond donors (Lipinski definition) is 0. The summed E-state index contributed by atoms with van der Waals surface area (Å²) in [6, 6.07) is 8.37. The highest BCUT2D eigenvalue weighted by Gasteiger charge is 2.27. The number of carbonyl (C=O) groups excluding carboxylic acids is 1. The van der Waals surface area contributed by atoms with E-state index in [1.54, 1.807) is 0 Å². The predicted molar refractivity (Wildman–Crippen MR) is 96.6 cm³/mol. The summed E-state index contributed by atoms with van der Waals surface area (Å²) in [5.74, 6) is 0.934. The first kappa shape index (κ1) is 17.3. The van der Waals surface area contributed by atoms with E-state index in [-0.39, 0.29) is 5.91 Å². The zero-order valence-corrected chi connectivity index (χ0v) is 14.9. The summed E-state index contributed by atoms with van der Waals surface area (Å²) in [5, 5.41) is 0. The van der Waals surface area contributed by atoms with Gasteiger partial charge in [0.25, 0.3) is 5.91 Å². The summed E-state index contributed by atoms with van der Waals surface area (Å²) in [5.41, 5.74) is 0.745. The third kappa shape index (κ3) is 4.29. The summed E-state index contributed by atoms with van der Waals surface area (Å²) in [7, 11) is 0. The molecule has 3 rings (SSSR count). The molecule has 0 spiro atoms. The van der Waals surface area contributed by atoms with Crippen LogP contribution in [-0.4, -0.2) is 54.5 Å². The van der Waals surface area contributed by atoms with E-state index in [0.717, 1.165) is 50.0 Å². The highest BCUT2D eigenvalue weighted by Crippen LogP contribution is 2.24. The Morgan fingerprint density at radius 2 is 1.88 bits per heavy atom. The number of rotatable bonds is 5. The van der Waals surface area contributed by atoms with Crippen molar-refractivity contribution in [2.75, 3.05) is 32.8 Å². The minimum absolute atomic E-state index is 0.139. The van der Waals surface area contributed by atoms with Crippen molar-refractivity contribution in [3.63, 3.8) is 0 Å². The zero-order valence-electron chi connectivity index (χ0n) is 14.9. The molecule has 2 aliphatic rings. The Bertz CT molecular complexity index is 532. The average Bonchev–Trinajstić information content (AvgIpc) is 2.67. The van der Waals surface area contributed by atoms with Crippen LogP contribution in [0, 0.1) is 0 Å². The Kier molecular flexibility index (Phi) is 6.13. The van der Waals surface area contributed by atoms with E-state index in [4.69, 9.17) is 4.74 Å². The van der Waals surface area contributed by atoms with E-state index in [0.29, 0.717) is 6.61 Å². The van der Waals surface area contributed by atoms with Crippen molar-refractivity contribution < 1.29 is 9.53 Å². The van der Waals surface area contributed by atoms with Crippen LogP contribution in [0.25, 0.3) is 0 Å². The van der Waals surface area contributed by atoms with Crippen molar-refractivity contribution >= 4 is 5.91 Å². The normalized spacial score (nSPS) is 20.1. The molecule has 0 radical (unpaired) electrons. The average molecular weight is 330 g/mol. The number of carbonyl (C=O) groups is 1.